The molecule has 0 radical (unpaired) electrons. The van der Waals surface area contributed by atoms with Gasteiger partial charge in [-0.25, -0.2) is 17.5 Å². The van der Waals surface area contributed by atoms with Crippen molar-refractivity contribution >= 4 is 15.7 Å². The van der Waals surface area contributed by atoms with E-state index >= 15 is 0 Å². The molecule has 106 valence electrons. The molecule has 0 heterocycles. The van der Waals surface area contributed by atoms with E-state index in [2.05, 4.69) is 10.0 Å². The summed E-state index contributed by atoms with van der Waals surface area (Å²) in [7, 11) is -2.15. The normalized spacial score (nSPS) is 11.3. The minimum atomic E-state index is -3.51. The lowest BCUT2D eigenvalue weighted by molar-refractivity contribution is 0.588. The van der Waals surface area contributed by atoms with Gasteiger partial charge in [-0.2, -0.15) is 0 Å². The second kappa shape index (κ2) is 6.02. The third-order valence-electron chi connectivity index (χ3n) is 2.84. The molecule has 2 N–H and O–H groups in total. The van der Waals surface area contributed by atoms with E-state index in [1.165, 1.54) is 25.2 Å². The van der Waals surface area contributed by atoms with E-state index in [0.29, 0.717) is 12.2 Å². The summed E-state index contributed by atoms with van der Waals surface area (Å²) in [4.78, 5) is 0.185. The number of hydrogen-bond donors (Lipinski definition) is 2. The molecular weight excluding hydrogens is 279 g/mol. The zero-order valence-corrected chi connectivity index (χ0v) is 11.7. The van der Waals surface area contributed by atoms with Gasteiger partial charge in [0.2, 0.25) is 10.0 Å². The van der Waals surface area contributed by atoms with Gasteiger partial charge in [-0.15, -0.1) is 0 Å². The second-order valence-corrected chi connectivity index (χ2v) is 6.04. The van der Waals surface area contributed by atoms with Crippen LogP contribution in [0.1, 0.15) is 5.56 Å². The molecule has 6 heteroatoms. The third-order valence-corrected chi connectivity index (χ3v) is 4.31. The van der Waals surface area contributed by atoms with Gasteiger partial charge in [-0.3, -0.25) is 0 Å². The number of nitrogens with one attached hydrogen (secondary N) is 2. The fraction of sp³-hybridized carbons (Fsp3) is 0.143. The Morgan fingerprint density at radius 3 is 2.35 bits per heavy atom. The molecule has 0 saturated carbocycles. The van der Waals surface area contributed by atoms with Gasteiger partial charge >= 0.3 is 0 Å². The molecule has 0 aliphatic heterocycles. The summed E-state index contributed by atoms with van der Waals surface area (Å²) in [5.41, 5.74) is 1.37. The zero-order valence-electron chi connectivity index (χ0n) is 10.9. The molecule has 0 aliphatic rings. The maximum absolute atomic E-state index is 12.8. The van der Waals surface area contributed by atoms with E-state index in [4.69, 9.17) is 0 Å². The van der Waals surface area contributed by atoms with E-state index in [-0.39, 0.29) is 10.7 Å². The van der Waals surface area contributed by atoms with Crippen LogP contribution in [0.3, 0.4) is 0 Å². The standard InChI is InChI=1S/C14H15FN2O2S/c1-16-20(18,19)14-5-3-2-4-13(14)17-10-11-6-8-12(15)9-7-11/h2-9,16-17H,10H2,1H3. The molecule has 0 saturated heterocycles. The number of rotatable bonds is 5. The quantitative estimate of drug-likeness (QED) is 0.890. The molecule has 20 heavy (non-hydrogen) atoms. The summed E-state index contributed by atoms with van der Waals surface area (Å²) in [6.45, 7) is 0.413. The SMILES string of the molecule is CNS(=O)(=O)c1ccccc1NCc1ccc(F)cc1. The molecular formula is C14H15FN2O2S. The van der Waals surface area contributed by atoms with E-state index in [9.17, 15) is 12.8 Å². The van der Waals surface area contributed by atoms with Gasteiger partial charge in [-0.05, 0) is 36.9 Å². The predicted octanol–water partition coefficient (Wildman–Crippen LogP) is 2.35. The number of anilines is 1. The highest BCUT2D eigenvalue weighted by Crippen LogP contribution is 2.21. The van der Waals surface area contributed by atoms with Gasteiger partial charge in [-0.1, -0.05) is 24.3 Å². The highest BCUT2D eigenvalue weighted by Gasteiger charge is 2.15. The van der Waals surface area contributed by atoms with E-state index in [1.807, 2.05) is 0 Å². The van der Waals surface area contributed by atoms with Crippen LogP contribution in [0.5, 0.6) is 0 Å². The van der Waals surface area contributed by atoms with Gasteiger partial charge in [0, 0.05) is 6.54 Å². The third kappa shape index (κ3) is 3.34. The van der Waals surface area contributed by atoms with Crippen LogP contribution >= 0.6 is 0 Å². The zero-order chi connectivity index (χ0) is 14.6. The smallest absolute Gasteiger partial charge is 0.242 e. The molecule has 0 unspecified atom stereocenters. The molecule has 2 aromatic carbocycles. The number of sulfonamides is 1. The summed E-state index contributed by atoms with van der Waals surface area (Å²) in [5, 5.41) is 3.05. The molecule has 0 spiro atoms. The maximum Gasteiger partial charge on any atom is 0.242 e. The van der Waals surface area contributed by atoms with Crippen LogP contribution in [0.2, 0.25) is 0 Å². The van der Waals surface area contributed by atoms with Crippen molar-refractivity contribution in [1.29, 1.82) is 0 Å². The predicted molar refractivity (Wildman–Crippen MR) is 76.4 cm³/mol. The fourth-order valence-corrected chi connectivity index (χ4v) is 2.66. The topological polar surface area (TPSA) is 58.2 Å². The first-order valence-electron chi connectivity index (χ1n) is 6.04. The van der Waals surface area contributed by atoms with Crippen molar-refractivity contribution in [3.05, 3.63) is 59.9 Å². The summed E-state index contributed by atoms with van der Waals surface area (Å²) in [6.07, 6.45) is 0. The monoisotopic (exact) mass is 294 g/mol. The Labute approximate surface area is 117 Å². The van der Waals surface area contributed by atoms with Crippen molar-refractivity contribution in [3.63, 3.8) is 0 Å². The molecule has 4 nitrogen and oxygen atoms in total. The molecule has 0 fully saturated rings. The average molecular weight is 294 g/mol. The van der Waals surface area contributed by atoms with Gasteiger partial charge in [0.1, 0.15) is 10.7 Å². The fourth-order valence-electron chi connectivity index (χ4n) is 1.76. The van der Waals surface area contributed by atoms with Crippen LogP contribution in [0.15, 0.2) is 53.4 Å². The maximum atomic E-state index is 12.8. The highest BCUT2D eigenvalue weighted by molar-refractivity contribution is 7.89. The van der Waals surface area contributed by atoms with E-state index in [0.717, 1.165) is 5.56 Å². The van der Waals surface area contributed by atoms with Crippen molar-refractivity contribution in [3.8, 4) is 0 Å². The molecule has 0 atom stereocenters. The second-order valence-electron chi connectivity index (χ2n) is 4.18. The van der Waals surface area contributed by atoms with Crippen molar-refractivity contribution < 1.29 is 12.8 Å². The van der Waals surface area contributed by atoms with Crippen LogP contribution in [0.25, 0.3) is 0 Å². The van der Waals surface area contributed by atoms with Crippen LogP contribution in [0.4, 0.5) is 10.1 Å². The number of hydrogen-bond acceptors (Lipinski definition) is 3. The number of benzene rings is 2. The van der Waals surface area contributed by atoms with Crippen LogP contribution in [-0.2, 0) is 16.6 Å². The Morgan fingerprint density at radius 2 is 1.70 bits per heavy atom. The summed E-state index contributed by atoms with van der Waals surface area (Å²) < 4.78 is 38.8. The van der Waals surface area contributed by atoms with Crippen LogP contribution in [0, 0.1) is 5.82 Å². The molecule has 0 amide bonds. The van der Waals surface area contributed by atoms with Crippen molar-refractivity contribution in [1.82, 2.24) is 4.72 Å². The lowest BCUT2D eigenvalue weighted by atomic mass is 10.2. The lowest BCUT2D eigenvalue weighted by Gasteiger charge is -2.12. The van der Waals surface area contributed by atoms with Gasteiger partial charge in [0.15, 0.2) is 0 Å². The van der Waals surface area contributed by atoms with Gasteiger partial charge in [0.05, 0.1) is 5.69 Å². The van der Waals surface area contributed by atoms with Crippen LogP contribution in [-0.4, -0.2) is 15.5 Å². The Morgan fingerprint density at radius 1 is 1.05 bits per heavy atom. The van der Waals surface area contributed by atoms with Gasteiger partial charge in [0.25, 0.3) is 0 Å². The summed E-state index contributed by atoms with van der Waals surface area (Å²) in [6, 6.07) is 12.7. The van der Waals surface area contributed by atoms with Gasteiger partial charge < -0.3 is 5.32 Å². The van der Waals surface area contributed by atoms with E-state index in [1.54, 1.807) is 30.3 Å². The van der Waals surface area contributed by atoms with Crippen LogP contribution < -0.4 is 10.0 Å². The van der Waals surface area contributed by atoms with Crippen molar-refractivity contribution in [2.24, 2.45) is 0 Å². The minimum Gasteiger partial charge on any atom is -0.380 e. The Bertz CT molecular complexity index is 685. The Balaban J connectivity index is 2.20. The summed E-state index contributed by atoms with van der Waals surface area (Å²) >= 11 is 0. The molecule has 0 aromatic heterocycles. The van der Waals surface area contributed by atoms with E-state index < -0.39 is 10.0 Å². The molecule has 2 rings (SSSR count). The highest BCUT2D eigenvalue weighted by atomic mass is 32.2. The Kier molecular flexibility index (Phi) is 4.36. The lowest BCUT2D eigenvalue weighted by Crippen LogP contribution is -2.20. The largest absolute Gasteiger partial charge is 0.380 e. The first-order chi connectivity index (χ1) is 9.53. The molecule has 2 aromatic rings. The number of halogens is 1. The van der Waals surface area contributed by atoms with Crippen molar-refractivity contribution in [2.75, 3.05) is 12.4 Å². The number of para-hydroxylation sites is 1. The molecule has 0 aliphatic carbocycles. The minimum absolute atomic E-state index is 0.185. The van der Waals surface area contributed by atoms with Crippen molar-refractivity contribution in [2.45, 2.75) is 11.4 Å². The molecule has 0 bridgehead atoms. The first-order valence-corrected chi connectivity index (χ1v) is 7.52. The Hall–Kier alpha value is -1.92. The first kappa shape index (κ1) is 14.5. The average Bonchev–Trinajstić information content (AvgIpc) is 2.47. The summed E-state index contributed by atoms with van der Waals surface area (Å²) in [5.74, 6) is -0.299.